The number of imidazole rings is 1. The van der Waals surface area contributed by atoms with Crippen LogP contribution in [0.1, 0.15) is 24.2 Å². The molecule has 1 aromatic heterocycles. The van der Waals surface area contributed by atoms with Crippen LogP contribution in [0.5, 0.6) is 5.75 Å². The van der Waals surface area contributed by atoms with Crippen LogP contribution in [0.4, 0.5) is 0 Å². The molecule has 3 aromatic carbocycles. The van der Waals surface area contributed by atoms with Gasteiger partial charge in [0.25, 0.3) is 5.91 Å². The van der Waals surface area contributed by atoms with Crippen molar-refractivity contribution in [2.45, 2.75) is 19.4 Å². The lowest BCUT2D eigenvalue weighted by molar-refractivity contribution is -0.160. The van der Waals surface area contributed by atoms with E-state index in [1.807, 2.05) is 84.4 Å². The standard InChI is InChI=1S/C25H25N3O3.ClH/c1-17(25(29)28(3)30)18-8-10-19(11-9-18)20-12-14-21(15-13-20)31-16-24-26-22-6-4-5-7-23(22)27(24)2;/h4-15,17,30H,16H2,1-3H3;1H. The number of hydrogen-bond donors (Lipinski definition) is 1. The molecule has 0 spiro atoms. The second-order valence-electron chi connectivity index (χ2n) is 7.59. The molecule has 7 heteroatoms. The number of ether oxygens (including phenoxy) is 1. The molecule has 4 rings (SSSR count). The Hall–Kier alpha value is -3.35. The van der Waals surface area contributed by atoms with E-state index in [-0.39, 0.29) is 18.3 Å². The summed E-state index contributed by atoms with van der Waals surface area (Å²) in [5.74, 6) is 0.910. The molecule has 0 saturated carbocycles. The molecule has 4 aromatic rings. The number of carbonyl (C=O) groups excluding carboxylic acids is 1. The summed E-state index contributed by atoms with van der Waals surface area (Å²) in [6, 6.07) is 23.7. The van der Waals surface area contributed by atoms with Crippen molar-refractivity contribution < 1.29 is 14.7 Å². The molecule has 1 amide bonds. The predicted octanol–water partition coefficient (Wildman–Crippen LogP) is 5.19. The smallest absolute Gasteiger partial charge is 0.252 e. The molecule has 0 bridgehead atoms. The molecular formula is C25H26ClN3O3. The number of aryl methyl sites for hydroxylation is 1. The van der Waals surface area contributed by atoms with Gasteiger partial charge < -0.3 is 9.30 Å². The van der Waals surface area contributed by atoms with E-state index >= 15 is 0 Å². The van der Waals surface area contributed by atoms with Crippen molar-refractivity contribution in [1.82, 2.24) is 14.6 Å². The van der Waals surface area contributed by atoms with Gasteiger partial charge in [-0.3, -0.25) is 10.0 Å². The van der Waals surface area contributed by atoms with Gasteiger partial charge in [0.05, 0.1) is 17.0 Å². The molecular weight excluding hydrogens is 426 g/mol. The summed E-state index contributed by atoms with van der Waals surface area (Å²) in [6.45, 7) is 2.17. The van der Waals surface area contributed by atoms with E-state index in [9.17, 15) is 10.0 Å². The number of hydrogen-bond acceptors (Lipinski definition) is 4. The normalized spacial score (nSPS) is 11.6. The topological polar surface area (TPSA) is 67.6 Å². The third-order valence-corrected chi connectivity index (χ3v) is 5.54. The molecule has 0 aliphatic carbocycles. The molecule has 0 saturated heterocycles. The zero-order valence-corrected chi connectivity index (χ0v) is 19.0. The summed E-state index contributed by atoms with van der Waals surface area (Å²) < 4.78 is 7.99. The maximum Gasteiger partial charge on any atom is 0.252 e. The van der Waals surface area contributed by atoms with E-state index in [1.54, 1.807) is 6.92 Å². The quantitative estimate of drug-likeness (QED) is 0.323. The first-order valence-electron chi connectivity index (χ1n) is 10.1. The van der Waals surface area contributed by atoms with Gasteiger partial charge in [0.15, 0.2) is 0 Å². The molecule has 0 radical (unpaired) electrons. The highest BCUT2D eigenvalue weighted by Crippen LogP contribution is 2.26. The van der Waals surface area contributed by atoms with Crippen LogP contribution in [0.25, 0.3) is 22.2 Å². The van der Waals surface area contributed by atoms with Crippen molar-refractivity contribution in [3.8, 4) is 16.9 Å². The van der Waals surface area contributed by atoms with E-state index in [0.717, 1.165) is 39.3 Å². The first-order valence-corrected chi connectivity index (χ1v) is 10.1. The minimum Gasteiger partial charge on any atom is -0.486 e. The number of likely N-dealkylation sites (N-methyl/N-ethyl adjacent to an activating group) is 1. The minimum atomic E-state index is -0.400. The van der Waals surface area contributed by atoms with Crippen LogP contribution in [0.3, 0.4) is 0 Å². The summed E-state index contributed by atoms with van der Waals surface area (Å²) in [5.41, 5.74) is 5.00. The fourth-order valence-electron chi connectivity index (χ4n) is 3.60. The minimum absolute atomic E-state index is 0. The summed E-state index contributed by atoms with van der Waals surface area (Å²) in [4.78, 5) is 16.6. The number of para-hydroxylation sites is 2. The Morgan fingerprint density at radius 3 is 2.22 bits per heavy atom. The van der Waals surface area contributed by atoms with Crippen molar-refractivity contribution in [2.24, 2.45) is 7.05 Å². The molecule has 166 valence electrons. The molecule has 0 aliphatic rings. The van der Waals surface area contributed by atoms with Gasteiger partial charge in [0.2, 0.25) is 0 Å². The lowest BCUT2D eigenvalue weighted by atomic mass is 9.97. The highest BCUT2D eigenvalue weighted by atomic mass is 35.5. The lowest BCUT2D eigenvalue weighted by Gasteiger charge is -2.15. The second kappa shape index (κ2) is 9.85. The number of nitrogens with zero attached hydrogens (tertiary/aromatic N) is 3. The number of fused-ring (bicyclic) bond motifs is 1. The summed E-state index contributed by atoms with van der Waals surface area (Å²) in [5, 5.41) is 9.98. The van der Waals surface area contributed by atoms with Gasteiger partial charge in [-0.25, -0.2) is 10.0 Å². The molecule has 1 unspecified atom stereocenters. The molecule has 32 heavy (non-hydrogen) atoms. The molecule has 0 aliphatic heterocycles. The van der Waals surface area contributed by atoms with Gasteiger partial charge in [-0.05, 0) is 47.9 Å². The number of halogens is 1. The fraction of sp³-hybridized carbons (Fsp3) is 0.200. The maximum atomic E-state index is 11.9. The third kappa shape index (κ3) is 4.77. The van der Waals surface area contributed by atoms with Crippen LogP contribution in [0.2, 0.25) is 0 Å². The van der Waals surface area contributed by atoms with Crippen LogP contribution >= 0.6 is 12.4 Å². The zero-order valence-electron chi connectivity index (χ0n) is 18.2. The molecule has 1 heterocycles. The average Bonchev–Trinajstić information content (AvgIpc) is 3.13. The SMILES string of the molecule is CC(C(=O)N(C)O)c1ccc(-c2ccc(OCc3nc4ccccc4n3C)cc2)cc1.Cl. The Labute approximate surface area is 193 Å². The van der Waals surface area contributed by atoms with Crippen LogP contribution in [-0.4, -0.2) is 32.8 Å². The molecule has 6 nitrogen and oxygen atoms in total. The number of benzene rings is 3. The van der Waals surface area contributed by atoms with Gasteiger partial charge in [0.1, 0.15) is 18.2 Å². The van der Waals surface area contributed by atoms with Gasteiger partial charge in [-0.1, -0.05) is 48.5 Å². The number of aromatic nitrogens is 2. The van der Waals surface area contributed by atoms with Crippen LogP contribution in [-0.2, 0) is 18.4 Å². The van der Waals surface area contributed by atoms with Crippen molar-refractivity contribution >= 4 is 29.3 Å². The van der Waals surface area contributed by atoms with E-state index < -0.39 is 5.92 Å². The highest BCUT2D eigenvalue weighted by Gasteiger charge is 2.18. The summed E-state index contributed by atoms with van der Waals surface area (Å²) in [7, 11) is 3.33. The first-order chi connectivity index (χ1) is 14.9. The van der Waals surface area contributed by atoms with E-state index in [0.29, 0.717) is 11.7 Å². The van der Waals surface area contributed by atoms with E-state index in [1.165, 1.54) is 7.05 Å². The van der Waals surface area contributed by atoms with E-state index in [4.69, 9.17) is 4.74 Å². The number of hydroxylamine groups is 2. The van der Waals surface area contributed by atoms with E-state index in [2.05, 4.69) is 4.98 Å². The monoisotopic (exact) mass is 451 g/mol. The Morgan fingerprint density at radius 2 is 1.62 bits per heavy atom. The van der Waals surface area contributed by atoms with Crippen LogP contribution in [0, 0.1) is 0 Å². The number of amides is 1. The van der Waals surface area contributed by atoms with Gasteiger partial charge in [0, 0.05) is 14.1 Å². The third-order valence-electron chi connectivity index (χ3n) is 5.54. The average molecular weight is 452 g/mol. The molecule has 0 fully saturated rings. The van der Waals surface area contributed by atoms with Gasteiger partial charge >= 0.3 is 0 Å². The Bertz CT molecular complexity index is 1200. The zero-order chi connectivity index (χ0) is 22.0. The Morgan fingerprint density at radius 1 is 1.03 bits per heavy atom. The summed E-state index contributed by atoms with van der Waals surface area (Å²) in [6.07, 6.45) is 0. The predicted molar refractivity (Wildman–Crippen MR) is 127 cm³/mol. The Balaban J connectivity index is 0.00000289. The molecule has 1 atom stereocenters. The highest BCUT2D eigenvalue weighted by molar-refractivity contribution is 5.85. The largest absolute Gasteiger partial charge is 0.486 e. The van der Waals surface area contributed by atoms with Gasteiger partial charge in [-0.2, -0.15) is 0 Å². The van der Waals surface area contributed by atoms with Crippen molar-refractivity contribution in [2.75, 3.05) is 7.05 Å². The van der Waals surface area contributed by atoms with Gasteiger partial charge in [-0.15, -0.1) is 12.4 Å². The van der Waals surface area contributed by atoms with Crippen molar-refractivity contribution in [3.05, 3.63) is 84.2 Å². The Kier molecular flexibility index (Phi) is 7.18. The van der Waals surface area contributed by atoms with Crippen molar-refractivity contribution in [3.63, 3.8) is 0 Å². The number of carbonyl (C=O) groups is 1. The molecule has 1 N–H and O–H groups in total. The first kappa shape index (κ1) is 23.3. The lowest BCUT2D eigenvalue weighted by Crippen LogP contribution is -2.27. The number of rotatable bonds is 6. The second-order valence-corrected chi connectivity index (χ2v) is 7.59. The maximum absolute atomic E-state index is 11.9. The fourth-order valence-corrected chi connectivity index (χ4v) is 3.60. The van der Waals surface area contributed by atoms with Crippen LogP contribution in [0.15, 0.2) is 72.8 Å². The summed E-state index contributed by atoms with van der Waals surface area (Å²) >= 11 is 0. The van der Waals surface area contributed by atoms with Crippen molar-refractivity contribution in [1.29, 1.82) is 0 Å². The van der Waals surface area contributed by atoms with Crippen LogP contribution < -0.4 is 4.74 Å².